The lowest BCUT2D eigenvalue weighted by atomic mass is 9.99. The molecule has 1 aliphatic rings. The molecule has 1 atom stereocenters. The topological polar surface area (TPSA) is 51.0 Å². The second-order valence-electron chi connectivity index (χ2n) is 11.1. The molecule has 5 nitrogen and oxygen atoms in total. The van der Waals surface area contributed by atoms with Crippen LogP contribution >= 0.6 is 0 Å². The number of hydrazine groups is 2. The Hall–Kier alpha value is -0.720. The van der Waals surface area contributed by atoms with E-state index in [1.165, 1.54) is 132 Å². The van der Waals surface area contributed by atoms with E-state index in [1.54, 1.807) is 0 Å². The van der Waals surface area contributed by atoms with Crippen molar-refractivity contribution < 1.29 is 9.68 Å². The minimum atomic E-state index is -0.571. The summed E-state index contributed by atoms with van der Waals surface area (Å²) < 4.78 is 0. The fourth-order valence-corrected chi connectivity index (χ4v) is 5.10. The summed E-state index contributed by atoms with van der Waals surface area (Å²) in [4.78, 5) is 12.0. The molecule has 0 amide bonds. The van der Waals surface area contributed by atoms with Crippen LogP contribution in [0.25, 0.3) is 0 Å². The van der Waals surface area contributed by atoms with E-state index < -0.39 is 5.79 Å². The van der Waals surface area contributed by atoms with Crippen molar-refractivity contribution >= 4 is 0 Å². The van der Waals surface area contributed by atoms with Crippen LogP contribution in [0.2, 0.25) is 0 Å². The first-order valence-corrected chi connectivity index (χ1v) is 16.1. The fourth-order valence-electron chi connectivity index (χ4n) is 5.10. The van der Waals surface area contributed by atoms with Crippen molar-refractivity contribution in [1.29, 1.82) is 0 Å². The summed E-state index contributed by atoms with van der Waals surface area (Å²) >= 11 is 0. The van der Waals surface area contributed by atoms with Gasteiger partial charge in [0.1, 0.15) is 0 Å². The molecule has 1 rings (SSSR count). The van der Waals surface area contributed by atoms with Crippen LogP contribution in [-0.2, 0) is 9.68 Å². The van der Waals surface area contributed by atoms with Gasteiger partial charge in [-0.1, -0.05) is 140 Å². The van der Waals surface area contributed by atoms with Gasteiger partial charge in [0, 0.05) is 19.9 Å². The quantitative estimate of drug-likeness (QED) is 0.0697. The third-order valence-corrected chi connectivity index (χ3v) is 7.51. The number of unbranched alkanes of at least 4 members (excludes halogenated alkanes) is 18. The van der Waals surface area contributed by atoms with Gasteiger partial charge in [0.05, 0.1) is 0 Å². The molecule has 0 bridgehead atoms. The van der Waals surface area contributed by atoms with E-state index in [0.29, 0.717) is 0 Å². The van der Waals surface area contributed by atoms with Gasteiger partial charge in [-0.25, -0.2) is 15.5 Å². The Morgan fingerprint density at radius 3 is 1.41 bits per heavy atom. The second-order valence-corrected chi connectivity index (χ2v) is 11.1. The molecule has 2 N–H and O–H groups in total. The van der Waals surface area contributed by atoms with Crippen molar-refractivity contribution in [2.24, 2.45) is 5.84 Å². The molecule has 0 aromatic heterocycles. The van der Waals surface area contributed by atoms with E-state index in [4.69, 9.17) is 15.5 Å². The zero-order chi connectivity index (χ0) is 26.9. The first-order valence-electron chi connectivity index (χ1n) is 16.1. The SMILES string of the molecule is CCCCC/C=C\C/C=C\CCCCCCCCC1(CCCCCCCCCCCC)ON(C)N(N)O1. The lowest BCUT2D eigenvalue weighted by molar-refractivity contribution is -0.266. The van der Waals surface area contributed by atoms with E-state index >= 15 is 0 Å². The molecular formula is C32H63N3O2. The van der Waals surface area contributed by atoms with Gasteiger partial charge in [-0.05, 0) is 50.2 Å². The van der Waals surface area contributed by atoms with Gasteiger partial charge < -0.3 is 0 Å². The van der Waals surface area contributed by atoms with E-state index in [2.05, 4.69) is 38.2 Å². The average molecular weight is 522 g/mol. The molecule has 0 aromatic rings. The summed E-state index contributed by atoms with van der Waals surface area (Å²) in [6, 6.07) is 0. The Labute approximate surface area is 231 Å². The summed E-state index contributed by atoms with van der Waals surface area (Å²) in [5, 5.41) is 2.79. The first-order chi connectivity index (χ1) is 18.1. The summed E-state index contributed by atoms with van der Waals surface area (Å²) in [6.45, 7) is 4.54. The maximum absolute atomic E-state index is 6.07. The number of allylic oxidation sites excluding steroid dienone is 4. The Bertz CT molecular complexity index is 542. The highest BCUT2D eigenvalue weighted by Crippen LogP contribution is 2.34. The minimum absolute atomic E-state index is 0.571. The Kier molecular flexibility index (Phi) is 22.6. The molecule has 5 heteroatoms. The summed E-state index contributed by atoms with van der Waals surface area (Å²) in [5.74, 6) is 5.37. The van der Waals surface area contributed by atoms with Crippen molar-refractivity contribution in [3.05, 3.63) is 24.3 Å². The molecule has 218 valence electrons. The van der Waals surface area contributed by atoms with Crippen LogP contribution in [0, 0.1) is 0 Å². The average Bonchev–Trinajstić information content (AvgIpc) is 3.18. The second kappa shape index (κ2) is 24.3. The number of rotatable bonds is 26. The Morgan fingerprint density at radius 2 is 0.946 bits per heavy atom. The molecule has 1 aliphatic heterocycles. The van der Waals surface area contributed by atoms with E-state index in [-0.39, 0.29) is 0 Å². The highest BCUT2D eigenvalue weighted by atomic mass is 17.0. The maximum atomic E-state index is 6.07. The van der Waals surface area contributed by atoms with Gasteiger partial charge in [-0.3, -0.25) is 0 Å². The van der Waals surface area contributed by atoms with Gasteiger partial charge in [0.25, 0.3) is 0 Å². The number of nitrogens with zero attached hydrogens (tertiary/aromatic N) is 2. The normalized spacial score (nSPS) is 19.2. The summed E-state index contributed by atoms with van der Waals surface area (Å²) in [6.07, 6.45) is 39.7. The van der Waals surface area contributed by atoms with Crippen LogP contribution < -0.4 is 5.84 Å². The van der Waals surface area contributed by atoms with Crippen molar-refractivity contribution in [3.63, 3.8) is 0 Å². The molecule has 0 radical (unpaired) electrons. The fraction of sp³-hybridized carbons (Fsp3) is 0.875. The Balaban J connectivity index is 2.06. The van der Waals surface area contributed by atoms with Gasteiger partial charge in [-0.15, -0.1) is 0 Å². The van der Waals surface area contributed by atoms with Crippen molar-refractivity contribution in [1.82, 2.24) is 10.5 Å². The van der Waals surface area contributed by atoms with E-state index in [0.717, 1.165) is 32.1 Å². The third kappa shape index (κ3) is 19.1. The monoisotopic (exact) mass is 521 g/mol. The van der Waals surface area contributed by atoms with Gasteiger partial charge in [0.2, 0.25) is 5.79 Å². The molecule has 1 fully saturated rings. The van der Waals surface area contributed by atoms with Crippen LogP contribution in [0.5, 0.6) is 0 Å². The van der Waals surface area contributed by atoms with Crippen molar-refractivity contribution in [3.8, 4) is 0 Å². The van der Waals surface area contributed by atoms with Crippen LogP contribution in [0.1, 0.15) is 168 Å². The summed E-state index contributed by atoms with van der Waals surface area (Å²) in [7, 11) is 1.82. The van der Waals surface area contributed by atoms with Crippen LogP contribution in [0.3, 0.4) is 0 Å². The molecule has 37 heavy (non-hydrogen) atoms. The predicted octanol–water partition coefficient (Wildman–Crippen LogP) is 10.1. The highest BCUT2D eigenvalue weighted by Gasteiger charge is 2.43. The predicted molar refractivity (Wildman–Crippen MR) is 159 cm³/mol. The zero-order valence-electron chi connectivity index (χ0n) is 25.1. The third-order valence-electron chi connectivity index (χ3n) is 7.51. The number of hydrogen-bond acceptors (Lipinski definition) is 5. The van der Waals surface area contributed by atoms with Crippen molar-refractivity contribution in [2.45, 2.75) is 174 Å². The van der Waals surface area contributed by atoms with Crippen molar-refractivity contribution in [2.75, 3.05) is 7.05 Å². The number of hydrogen-bond donors (Lipinski definition) is 1. The van der Waals surface area contributed by atoms with Crippen LogP contribution in [0.15, 0.2) is 24.3 Å². The largest absolute Gasteiger partial charge is 0.244 e. The molecule has 0 aromatic carbocycles. The van der Waals surface area contributed by atoms with E-state index in [1.807, 2.05) is 7.05 Å². The lowest BCUT2D eigenvalue weighted by Gasteiger charge is -2.25. The van der Waals surface area contributed by atoms with E-state index in [9.17, 15) is 0 Å². The standard InChI is InChI=1S/C32H63N3O2/c1-4-6-8-10-12-14-16-17-18-19-20-21-23-25-27-29-31-32(36-34(3)35(33)37-32)30-28-26-24-22-15-13-11-9-7-5-2/h12,14,17-18H,4-11,13,15-16,19-31,33H2,1-3H3/b14-12-,18-17-. The molecular weight excluding hydrogens is 458 g/mol. The molecule has 1 unspecified atom stereocenters. The highest BCUT2D eigenvalue weighted by molar-refractivity contribution is 4.92. The smallest absolute Gasteiger partial charge is 0.212 e. The lowest BCUT2D eigenvalue weighted by Crippen LogP contribution is -2.37. The summed E-state index contributed by atoms with van der Waals surface area (Å²) in [5.41, 5.74) is 0. The zero-order valence-corrected chi connectivity index (χ0v) is 25.1. The number of hydroxylamine groups is 1. The maximum Gasteiger partial charge on any atom is 0.212 e. The first kappa shape index (κ1) is 34.3. The van der Waals surface area contributed by atoms with Gasteiger partial charge >= 0.3 is 0 Å². The van der Waals surface area contributed by atoms with Crippen LogP contribution in [-0.4, -0.2) is 23.3 Å². The van der Waals surface area contributed by atoms with Gasteiger partial charge in [0.15, 0.2) is 0 Å². The molecule has 0 spiro atoms. The molecule has 1 heterocycles. The van der Waals surface area contributed by atoms with Crippen LogP contribution in [0.4, 0.5) is 0 Å². The minimum Gasteiger partial charge on any atom is -0.244 e. The Morgan fingerprint density at radius 1 is 0.541 bits per heavy atom. The number of nitrogens with two attached hydrogens (primary N) is 1. The molecule has 1 saturated heterocycles. The molecule has 0 saturated carbocycles. The molecule has 0 aliphatic carbocycles. The van der Waals surface area contributed by atoms with Gasteiger partial charge in [-0.2, -0.15) is 0 Å².